The first-order chi connectivity index (χ1) is 8.42. The van der Waals surface area contributed by atoms with E-state index in [1.807, 2.05) is 0 Å². The van der Waals surface area contributed by atoms with Crippen LogP contribution < -0.4 is 0 Å². The summed E-state index contributed by atoms with van der Waals surface area (Å²) in [6, 6.07) is 0. The van der Waals surface area contributed by atoms with Crippen LogP contribution in [0.4, 0.5) is 55.5 Å². The van der Waals surface area contributed by atoms with Crippen molar-refractivity contribution in [2.45, 2.75) is 24.6 Å². The second kappa shape index (κ2) is 4.17. The normalized spacial score (nSPS) is 19.1. The summed E-state index contributed by atoms with van der Waals surface area (Å²) in [5.41, 5.74) is 0. The molecule has 17 heteroatoms. The first-order valence-electron chi connectivity index (χ1n) is 3.75. The van der Waals surface area contributed by atoms with Crippen LogP contribution in [0.3, 0.4) is 0 Å². The summed E-state index contributed by atoms with van der Waals surface area (Å²) in [6.07, 6.45) is -29.4. The molecule has 0 atom stereocenters. The fourth-order valence-electron chi connectivity index (χ4n) is 0.513. The van der Waals surface area contributed by atoms with Crippen molar-refractivity contribution in [3.63, 3.8) is 0 Å². The number of halogens is 14. The molecule has 0 aromatic heterocycles. The Balaban J connectivity index is 5.78. The molecule has 0 rings (SSSR count). The van der Waals surface area contributed by atoms with Gasteiger partial charge in [0, 0.05) is 0 Å². The van der Waals surface area contributed by atoms with E-state index in [-0.39, 0.29) is 0 Å². The van der Waals surface area contributed by atoms with E-state index in [1.165, 1.54) is 0 Å². The Hall–Kier alpha value is -0.270. The quantitative estimate of drug-likeness (QED) is 0.441. The third-order valence-corrected chi connectivity index (χ3v) is 4.21. The molecule has 0 fully saturated rings. The second-order valence-corrected chi connectivity index (χ2v) is 9.33. The Labute approximate surface area is 105 Å². The van der Waals surface area contributed by atoms with Crippen molar-refractivity contribution in [1.82, 2.24) is 0 Å². The molecule has 0 aliphatic rings. The monoisotopic (exact) mass is 476 g/mol. The topological polar surface area (TPSA) is 18.5 Å². The predicted molar refractivity (Wildman–Crippen MR) is 34.4 cm³/mol. The van der Waals surface area contributed by atoms with E-state index >= 15 is 0 Å². The first-order valence-corrected chi connectivity index (χ1v) is 9.17. The van der Waals surface area contributed by atoms with E-state index in [4.69, 9.17) is 0 Å². The van der Waals surface area contributed by atoms with Gasteiger partial charge in [-0.05, 0) is 0 Å². The first kappa shape index (κ1) is 20.7. The molecule has 0 amide bonds. The van der Waals surface area contributed by atoms with Gasteiger partial charge in [0.15, 0.2) is 0 Å². The number of hydrogen-bond acceptors (Lipinski definition) is 2. The van der Waals surface area contributed by atoms with Crippen LogP contribution in [-0.4, -0.2) is 43.1 Å². The van der Waals surface area contributed by atoms with Crippen molar-refractivity contribution in [2.75, 3.05) is 0 Å². The van der Waals surface area contributed by atoms with E-state index in [1.54, 1.807) is 0 Å². The van der Waals surface area contributed by atoms with Gasteiger partial charge in [0.1, 0.15) is 0 Å². The molecule has 0 spiro atoms. The molecule has 0 aliphatic heterocycles. The van der Waals surface area contributed by atoms with E-state index in [2.05, 4.69) is 0 Å². The summed E-state index contributed by atoms with van der Waals surface area (Å²) in [6.45, 7) is 0. The fourth-order valence-corrected chi connectivity index (χ4v) is 3.44. The number of alkyl halides is 10. The molecule has 0 heterocycles. The molecule has 0 radical (unpaired) electrons. The van der Waals surface area contributed by atoms with Gasteiger partial charge in [0.25, 0.3) is 0 Å². The zero-order chi connectivity index (χ0) is 17.8. The van der Waals surface area contributed by atoms with E-state index < -0.39 is 43.1 Å². The molecule has 0 aromatic carbocycles. The average Bonchev–Trinajstić information content (AvgIpc) is 1.89. The Morgan fingerprint density at radius 1 is 0.476 bits per heavy atom. The zero-order valence-corrected chi connectivity index (χ0v) is 10.8. The van der Waals surface area contributed by atoms with E-state index in [0.29, 0.717) is 0 Å². The minimum absolute atomic E-state index is 0.758. The molecule has 0 aliphatic carbocycles. The summed E-state index contributed by atoms with van der Waals surface area (Å²) >= 11 is -13.0. The van der Waals surface area contributed by atoms with Crippen molar-refractivity contribution < 1.29 is 61.7 Å². The molecule has 21 heavy (non-hydrogen) atoms. The Morgan fingerprint density at radius 2 is 0.667 bits per heavy atom. The zero-order valence-electron chi connectivity index (χ0n) is 8.52. The van der Waals surface area contributed by atoms with Crippen molar-refractivity contribution in [3.8, 4) is 0 Å². The molecular weight excluding hydrogens is 474 g/mol. The van der Waals surface area contributed by atoms with Crippen LogP contribution in [0.1, 0.15) is 0 Å². The van der Waals surface area contributed by atoms with E-state index in [0.717, 1.165) is 6.20 Å². The SMILES string of the molecule is FC(F)(F)C(F)(F)O[Te](F)(F)(F)(F)OC(F)(F)C(F)(F)F. The predicted octanol–water partition coefficient (Wildman–Crippen LogP) is 4.54. The molecule has 0 bridgehead atoms. The summed E-state index contributed by atoms with van der Waals surface area (Å²) in [4.78, 5) is 0. The third-order valence-electron chi connectivity index (χ3n) is 1.19. The Kier molecular flexibility index (Phi) is 4.12. The van der Waals surface area contributed by atoms with Gasteiger partial charge in [-0.3, -0.25) is 0 Å². The average molecular weight is 474 g/mol. The van der Waals surface area contributed by atoms with Crippen molar-refractivity contribution in [2.24, 2.45) is 0 Å². The van der Waals surface area contributed by atoms with Crippen LogP contribution in [0.25, 0.3) is 0 Å². The van der Waals surface area contributed by atoms with Gasteiger partial charge in [0.05, 0.1) is 0 Å². The maximum absolute atomic E-state index is 13.0. The van der Waals surface area contributed by atoms with Gasteiger partial charge in [-0.2, -0.15) is 0 Å². The number of hydrogen-bond donors (Lipinski definition) is 0. The number of rotatable bonds is 4. The van der Waals surface area contributed by atoms with Crippen molar-refractivity contribution in [3.05, 3.63) is 0 Å². The Morgan fingerprint density at radius 3 is 0.810 bits per heavy atom. The molecule has 2 nitrogen and oxygen atoms in total. The summed E-state index contributed by atoms with van der Waals surface area (Å²) in [5.74, 6) is 0. The maximum atomic E-state index is 12.3. The van der Waals surface area contributed by atoms with Crippen LogP contribution in [0.5, 0.6) is 0 Å². The van der Waals surface area contributed by atoms with Gasteiger partial charge < -0.3 is 0 Å². The van der Waals surface area contributed by atoms with Crippen LogP contribution in [0.15, 0.2) is 0 Å². The van der Waals surface area contributed by atoms with Crippen LogP contribution in [0.2, 0.25) is 0 Å². The van der Waals surface area contributed by atoms with Gasteiger partial charge in [-0.15, -0.1) is 0 Å². The molecule has 0 aromatic rings. The summed E-state index contributed by atoms with van der Waals surface area (Å²) in [7, 11) is 0. The third kappa shape index (κ3) is 5.45. The molecule has 0 unspecified atom stereocenters. The Bertz CT molecular complexity index is 376. The van der Waals surface area contributed by atoms with Crippen molar-refractivity contribution >= 4 is 18.5 Å². The van der Waals surface area contributed by atoms with Crippen LogP contribution in [0, 0.1) is 0 Å². The standard InChI is InChI=1S/C4F14O2Te/c5-1(6,7)3(11,12)19-21(15,16,17,18)20-4(13,14)2(8,9)10. The molecule has 0 saturated carbocycles. The van der Waals surface area contributed by atoms with Gasteiger partial charge in [-0.25, -0.2) is 0 Å². The molecule has 0 saturated heterocycles. The van der Waals surface area contributed by atoms with E-state index in [9.17, 15) is 55.5 Å². The van der Waals surface area contributed by atoms with Crippen molar-refractivity contribution in [1.29, 1.82) is 0 Å². The molecule has 132 valence electrons. The van der Waals surface area contributed by atoms with Crippen LogP contribution >= 0.6 is 0 Å². The summed E-state index contributed by atoms with van der Waals surface area (Å²) < 4.78 is 167. The summed E-state index contributed by atoms with van der Waals surface area (Å²) in [5, 5.41) is 0. The molecular formula is C4F14O2Te. The van der Waals surface area contributed by atoms with Gasteiger partial charge in [0.2, 0.25) is 0 Å². The minimum atomic E-state index is -13.0. The second-order valence-electron chi connectivity index (χ2n) is 3.12. The fraction of sp³-hybridized carbons (Fsp3) is 1.00. The van der Waals surface area contributed by atoms with Gasteiger partial charge in [-0.1, -0.05) is 0 Å². The van der Waals surface area contributed by atoms with Crippen LogP contribution in [-0.2, 0) is 6.20 Å². The molecule has 0 N–H and O–H groups in total. The van der Waals surface area contributed by atoms with Gasteiger partial charge >= 0.3 is 105 Å².